The van der Waals surface area contributed by atoms with Crippen molar-refractivity contribution in [3.8, 4) is 5.69 Å². The number of carbonyl (C=O) groups is 2. The molecule has 0 unspecified atom stereocenters. The number of carbonyl (C=O) groups excluding carboxylic acids is 2. The maximum Gasteiger partial charge on any atom is 0.333 e. The highest BCUT2D eigenvalue weighted by atomic mass is 16.2. The minimum Gasteiger partial charge on any atom is -0.333 e. The average molecular weight is 349 g/mol. The second-order valence-corrected chi connectivity index (χ2v) is 5.74. The van der Waals surface area contributed by atoms with E-state index < -0.39 is 6.03 Å². The number of aryl methyl sites for hydroxylation is 1. The van der Waals surface area contributed by atoms with Gasteiger partial charge in [0, 0.05) is 24.5 Å². The third-order valence-corrected chi connectivity index (χ3v) is 3.76. The highest BCUT2D eigenvalue weighted by Gasteiger charge is 2.06. The molecule has 0 saturated heterocycles. The molecule has 132 valence electrons. The molecule has 1 aromatic heterocycles. The lowest BCUT2D eigenvalue weighted by molar-refractivity contribution is 0.0936. The van der Waals surface area contributed by atoms with E-state index in [1.165, 1.54) is 0 Å². The molecule has 0 aliphatic carbocycles. The molecule has 3 amide bonds. The first-order valence-corrected chi connectivity index (χ1v) is 8.11. The lowest BCUT2D eigenvalue weighted by Crippen LogP contribution is -2.46. The summed E-state index contributed by atoms with van der Waals surface area (Å²) in [5.74, 6) is -0.372. The molecule has 1 heterocycles. The Kier molecular flexibility index (Phi) is 5.28. The van der Waals surface area contributed by atoms with Gasteiger partial charge < -0.3 is 5.32 Å². The zero-order valence-corrected chi connectivity index (χ0v) is 14.3. The quantitative estimate of drug-likeness (QED) is 0.632. The van der Waals surface area contributed by atoms with Gasteiger partial charge in [0.1, 0.15) is 0 Å². The minimum absolute atomic E-state index is 0.339. The second-order valence-electron chi connectivity index (χ2n) is 5.74. The molecule has 0 saturated carbocycles. The Labute approximate surface area is 151 Å². The van der Waals surface area contributed by atoms with E-state index in [4.69, 9.17) is 0 Å². The molecule has 2 aromatic carbocycles. The zero-order chi connectivity index (χ0) is 18.4. The van der Waals surface area contributed by atoms with Gasteiger partial charge in [0.2, 0.25) is 0 Å². The van der Waals surface area contributed by atoms with Crippen LogP contribution in [0, 0.1) is 6.92 Å². The fourth-order valence-corrected chi connectivity index (χ4v) is 2.31. The average Bonchev–Trinajstić information content (AvgIpc) is 3.20. The van der Waals surface area contributed by atoms with Crippen molar-refractivity contribution in [1.29, 1.82) is 0 Å². The van der Waals surface area contributed by atoms with Crippen LogP contribution in [0.15, 0.2) is 67.0 Å². The number of hydrogen-bond donors (Lipinski definition) is 3. The van der Waals surface area contributed by atoms with E-state index in [0.29, 0.717) is 12.1 Å². The van der Waals surface area contributed by atoms with E-state index in [1.54, 1.807) is 23.0 Å². The van der Waals surface area contributed by atoms with Crippen LogP contribution < -0.4 is 16.2 Å². The van der Waals surface area contributed by atoms with Crippen LogP contribution in [-0.4, -0.2) is 21.7 Å². The minimum atomic E-state index is -0.485. The summed E-state index contributed by atoms with van der Waals surface area (Å²) in [6, 6.07) is 16.1. The topological polar surface area (TPSA) is 88.0 Å². The number of amides is 3. The number of hydrazine groups is 1. The van der Waals surface area contributed by atoms with Gasteiger partial charge >= 0.3 is 6.03 Å². The molecule has 0 aliphatic rings. The molecule has 0 bridgehead atoms. The van der Waals surface area contributed by atoms with Gasteiger partial charge in [0.25, 0.3) is 5.91 Å². The fourth-order valence-electron chi connectivity index (χ4n) is 2.31. The summed E-state index contributed by atoms with van der Waals surface area (Å²) in [4.78, 5) is 23.7. The standard InChI is InChI=1S/C19H19N5O2/c1-14-3-7-16(8-4-14)18(25)22-23-19(26)20-13-15-5-9-17(10-6-15)24-12-2-11-21-24/h2-12H,13H2,1H3,(H,22,25)(H2,20,23,26). The largest absolute Gasteiger partial charge is 0.333 e. The van der Waals surface area contributed by atoms with Crippen molar-refractivity contribution >= 4 is 11.9 Å². The molecule has 0 atom stereocenters. The van der Waals surface area contributed by atoms with Crippen LogP contribution in [0.4, 0.5) is 4.79 Å². The van der Waals surface area contributed by atoms with Gasteiger partial charge in [-0.15, -0.1) is 0 Å². The van der Waals surface area contributed by atoms with Crippen molar-refractivity contribution < 1.29 is 9.59 Å². The predicted molar refractivity (Wildman–Crippen MR) is 97.6 cm³/mol. The summed E-state index contributed by atoms with van der Waals surface area (Å²) in [5.41, 5.74) is 8.11. The number of rotatable bonds is 4. The molecule has 0 radical (unpaired) electrons. The molecule has 0 aliphatic heterocycles. The summed E-state index contributed by atoms with van der Waals surface area (Å²) >= 11 is 0. The second kappa shape index (κ2) is 7.98. The fraction of sp³-hybridized carbons (Fsp3) is 0.105. The van der Waals surface area contributed by atoms with E-state index in [2.05, 4.69) is 21.3 Å². The van der Waals surface area contributed by atoms with Gasteiger partial charge in [0.15, 0.2) is 0 Å². The number of aromatic nitrogens is 2. The van der Waals surface area contributed by atoms with E-state index >= 15 is 0 Å². The number of urea groups is 1. The van der Waals surface area contributed by atoms with Gasteiger partial charge in [-0.3, -0.25) is 10.2 Å². The van der Waals surface area contributed by atoms with Crippen LogP contribution in [0.5, 0.6) is 0 Å². The van der Waals surface area contributed by atoms with Crippen LogP contribution in [0.3, 0.4) is 0 Å². The maximum atomic E-state index is 11.9. The van der Waals surface area contributed by atoms with Crippen molar-refractivity contribution in [2.75, 3.05) is 0 Å². The maximum absolute atomic E-state index is 11.9. The van der Waals surface area contributed by atoms with Gasteiger partial charge in [-0.05, 0) is 42.8 Å². The van der Waals surface area contributed by atoms with Gasteiger partial charge in [-0.2, -0.15) is 5.10 Å². The van der Waals surface area contributed by atoms with Crippen molar-refractivity contribution in [3.63, 3.8) is 0 Å². The normalized spacial score (nSPS) is 10.2. The Morgan fingerprint density at radius 3 is 2.38 bits per heavy atom. The SMILES string of the molecule is Cc1ccc(C(=O)NNC(=O)NCc2ccc(-n3cccn3)cc2)cc1. The van der Waals surface area contributed by atoms with Crippen LogP contribution in [0.2, 0.25) is 0 Å². The molecule has 0 fully saturated rings. The Balaban J connectivity index is 1.45. The molecule has 3 aromatic rings. The van der Waals surface area contributed by atoms with Crippen molar-refractivity contribution in [3.05, 3.63) is 83.7 Å². The summed E-state index contributed by atoms with van der Waals surface area (Å²) in [5, 5.41) is 6.84. The third-order valence-electron chi connectivity index (χ3n) is 3.76. The summed E-state index contributed by atoms with van der Waals surface area (Å²) in [6.45, 7) is 2.28. The van der Waals surface area contributed by atoms with E-state index in [1.807, 2.05) is 55.6 Å². The van der Waals surface area contributed by atoms with Crippen molar-refractivity contribution in [1.82, 2.24) is 25.9 Å². The van der Waals surface area contributed by atoms with E-state index in [-0.39, 0.29) is 5.91 Å². The highest BCUT2D eigenvalue weighted by molar-refractivity contribution is 5.95. The first-order valence-electron chi connectivity index (χ1n) is 8.11. The molecule has 7 heteroatoms. The summed E-state index contributed by atoms with van der Waals surface area (Å²) in [6.07, 6.45) is 3.57. The van der Waals surface area contributed by atoms with Crippen LogP contribution >= 0.6 is 0 Å². The molecular formula is C19H19N5O2. The molecule has 0 spiro atoms. The van der Waals surface area contributed by atoms with Crippen molar-refractivity contribution in [2.24, 2.45) is 0 Å². The van der Waals surface area contributed by atoms with E-state index in [0.717, 1.165) is 16.8 Å². The van der Waals surface area contributed by atoms with Gasteiger partial charge in [-0.1, -0.05) is 29.8 Å². The number of hydrogen-bond acceptors (Lipinski definition) is 3. The Bertz CT molecular complexity index is 871. The predicted octanol–water partition coefficient (Wildman–Crippen LogP) is 2.32. The summed E-state index contributed by atoms with van der Waals surface area (Å²) < 4.78 is 1.75. The van der Waals surface area contributed by atoms with Gasteiger partial charge in [0.05, 0.1) is 5.69 Å². The van der Waals surface area contributed by atoms with E-state index in [9.17, 15) is 9.59 Å². The lowest BCUT2D eigenvalue weighted by atomic mass is 10.1. The Morgan fingerprint density at radius 1 is 1.00 bits per heavy atom. The number of nitrogens with one attached hydrogen (secondary N) is 3. The summed E-state index contributed by atoms with van der Waals surface area (Å²) in [7, 11) is 0. The van der Waals surface area contributed by atoms with Crippen LogP contribution in [-0.2, 0) is 6.54 Å². The highest BCUT2D eigenvalue weighted by Crippen LogP contribution is 2.08. The molecular weight excluding hydrogens is 330 g/mol. The molecule has 7 nitrogen and oxygen atoms in total. The Morgan fingerprint density at radius 2 is 1.73 bits per heavy atom. The zero-order valence-electron chi connectivity index (χ0n) is 14.3. The van der Waals surface area contributed by atoms with Crippen LogP contribution in [0.25, 0.3) is 5.69 Å². The smallest absolute Gasteiger partial charge is 0.333 e. The number of nitrogens with zero attached hydrogens (tertiary/aromatic N) is 2. The molecule has 3 N–H and O–H groups in total. The van der Waals surface area contributed by atoms with Crippen LogP contribution in [0.1, 0.15) is 21.5 Å². The molecule has 26 heavy (non-hydrogen) atoms. The Hall–Kier alpha value is -3.61. The van der Waals surface area contributed by atoms with Crippen molar-refractivity contribution in [2.45, 2.75) is 13.5 Å². The molecule has 3 rings (SSSR count). The first kappa shape index (κ1) is 17.2. The lowest BCUT2D eigenvalue weighted by Gasteiger charge is -2.10. The first-order chi connectivity index (χ1) is 12.6. The van der Waals surface area contributed by atoms with Gasteiger partial charge in [-0.25, -0.2) is 14.9 Å². The number of benzene rings is 2. The third kappa shape index (κ3) is 4.47. The monoisotopic (exact) mass is 349 g/mol.